The Morgan fingerprint density at radius 3 is 2.64 bits per heavy atom. The first-order valence-corrected chi connectivity index (χ1v) is 9.42. The van der Waals surface area contributed by atoms with Crippen LogP contribution in [0.5, 0.6) is 0 Å². The average molecular weight is 405 g/mol. The number of nitrogens with one attached hydrogen (secondary N) is 3. The summed E-state index contributed by atoms with van der Waals surface area (Å²) < 4.78 is 10.7. The van der Waals surface area contributed by atoms with Crippen molar-refractivity contribution in [3.63, 3.8) is 0 Å². The predicted octanol–water partition coefficient (Wildman–Crippen LogP) is 1.82. The van der Waals surface area contributed by atoms with Crippen LogP contribution in [0.4, 0.5) is 4.79 Å². The summed E-state index contributed by atoms with van der Waals surface area (Å²) in [7, 11) is 1.99. The highest BCUT2D eigenvalue weighted by atomic mass is 35.5. The lowest BCUT2D eigenvalue weighted by Gasteiger charge is -2.28. The molecule has 1 unspecified atom stereocenters. The van der Waals surface area contributed by atoms with Crippen LogP contribution < -0.4 is 15.5 Å². The summed E-state index contributed by atoms with van der Waals surface area (Å²) in [6.07, 6.45) is 1.50. The smallest absolute Gasteiger partial charge is 0.338 e. The highest BCUT2D eigenvalue weighted by molar-refractivity contribution is 6.30. The molecule has 0 saturated carbocycles. The van der Waals surface area contributed by atoms with E-state index >= 15 is 0 Å². The molecule has 148 valence electrons. The fraction of sp³-hybridized carbons (Fsp3) is 0.300. The summed E-state index contributed by atoms with van der Waals surface area (Å²) in [4.78, 5) is 26.0. The topological polar surface area (TPSA) is 85.0 Å². The van der Waals surface area contributed by atoms with Crippen LogP contribution in [0.1, 0.15) is 24.3 Å². The minimum atomic E-state index is -0.693. The van der Waals surface area contributed by atoms with E-state index in [1.54, 1.807) is 19.1 Å². The molecule has 3 N–H and O–H groups in total. The van der Waals surface area contributed by atoms with Gasteiger partial charge in [-0.15, -0.1) is 0 Å². The predicted molar refractivity (Wildman–Crippen MR) is 104 cm³/mol. The van der Waals surface area contributed by atoms with Gasteiger partial charge in [0.25, 0.3) is 0 Å². The van der Waals surface area contributed by atoms with Gasteiger partial charge in [-0.25, -0.2) is 9.59 Å². The van der Waals surface area contributed by atoms with Crippen LogP contribution in [-0.4, -0.2) is 32.2 Å². The van der Waals surface area contributed by atoms with E-state index in [0.29, 0.717) is 35.1 Å². The number of carbonyl (C=O) groups excluding carboxylic acids is 2. The molecule has 0 bridgehead atoms. The lowest BCUT2D eigenvalue weighted by molar-refractivity contribution is -0.889. The van der Waals surface area contributed by atoms with E-state index in [-0.39, 0.29) is 12.6 Å². The Hall–Kier alpha value is -2.77. The molecule has 0 radical (unpaired) electrons. The minimum absolute atomic E-state index is 0.238. The van der Waals surface area contributed by atoms with Crippen molar-refractivity contribution in [2.45, 2.75) is 19.5 Å². The lowest BCUT2D eigenvalue weighted by Crippen LogP contribution is -3.08. The van der Waals surface area contributed by atoms with Crippen molar-refractivity contribution in [1.29, 1.82) is 0 Å². The molecule has 8 heteroatoms. The van der Waals surface area contributed by atoms with E-state index in [0.717, 1.165) is 10.5 Å². The van der Waals surface area contributed by atoms with Gasteiger partial charge in [0.05, 0.1) is 31.2 Å². The molecule has 1 aliphatic heterocycles. The number of benzene rings is 1. The van der Waals surface area contributed by atoms with Gasteiger partial charge in [0.15, 0.2) is 0 Å². The van der Waals surface area contributed by atoms with Crippen LogP contribution >= 0.6 is 11.6 Å². The molecule has 0 spiro atoms. The molecule has 3 rings (SSSR count). The van der Waals surface area contributed by atoms with Gasteiger partial charge in [0.2, 0.25) is 0 Å². The maximum Gasteiger partial charge on any atom is 0.338 e. The van der Waals surface area contributed by atoms with Crippen LogP contribution in [-0.2, 0) is 16.1 Å². The van der Waals surface area contributed by atoms with Crippen molar-refractivity contribution >= 4 is 23.6 Å². The van der Waals surface area contributed by atoms with E-state index in [1.807, 2.05) is 31.3 Å². The van der Waals surface area contributed by atoms with Crippen molar-refractivity contribution in [2.75, 3.05) is 20.2 Å². The number of hydrogen-bond donors (Lipinski definition) is 3. The van der Waals surface area contributed by atoms with Crippen LogP contribution in [0.25, 0.3) is 0 Å². The number of furan rings is 1. The second-order valence-corrected chi connectivity index (χ2v) is 7.03. The molecular formula is C20H23ClN3O4+. The minimum Gasteiger partial charge on any atom is -0.467 e. The molecule has 2 atom stereocenters. The fourth-order valence-electron chi connectivity index (χ4n) is 3.19. The zero-order valence-corrected chi connectivity index (χ0v) is 16.5. The largest absolute Gasteiger partial charge is 0.467 e. The molecule has 2 amide bonds. The Balaban J connectivity index is 1.87. The van der Waals surface area contributed by atoms with Gasteiger partial charge < -0.3 is 24.7 Å². The van der Waals surface area contributed by atoms with E-state index in [1.165, 1.54) is 6.26 Å². The Kier molecular flexibility index (Phi) is 6.38. The molecular weight excluding hydrogens is 382 g/mol. The Labute approximate surface area is 168 Å². The van der Waals surface area contributed by atoms with Crippen molar-refractivity contribution in [1.82, 2.24) is 10.6 Å². The number of rotatable bonds is 7. The molecule has 0 fully saturated rings. The quantitative estimate of drug-likeness (QED) is 0.614. The molecule has 0 aliphatic carbocycles. The van der Waals surface area contributed by atoms with E-state index in [4.69, 9.17) is 20.8 Å². The first kappa shape index (κ1) is 20.0. The molecule has 28 heavy (non-hydrogen) atoms. The first-order chi connectivity index (χ1) is 13.5. The van der Waals surface area contributed by atoms with Gasteiger partial charge in [-0.2, -0.15) is 0 Å². The Morgan fingerprint density at radius 2 is 2.00 bits per heavy atom. The van der Waals surface area contributed by atoms with Crippen LogP contribution in [0.3, 0.4) is 0 Å². The summed E-state index contributed by atoms with van der Waals surface area (Å²) in [5.74, 6) is -0.00329. The standard InChI is InChI=1S/C20H22ClN3O4/c1-3-27-19(25)17-15(12-24(2)11-13-6-8-14(21)9-7-13)22-20(26)23-18(17)16-5-4-10-28-16/h4-10,18H,3,11-12H2,1-2H3,(H2,22,23,26)/p+1/t18-/m1/s1. The van der Waals surface area contributed by atoms with Crippen molar-refractivity contribution in [2.24, 2.45) is 0 Å². The number of urea groups is 1. The zero-order valence-electron chi connectivity index (χ0n) is 15.8. The zero-order chi connectivity index (χ0) is 20.1. The van der Waals surface area contributed by atoms with Crippen molar-refractivity contribution < 1.29 is 23.6 Å². The molecule has 1 aliphatic rings. The van der Waals surface area contributed by atoms with E-state index in [2.05, 4.69) is 10.6 Å². The number of amides is 2. The van der Waals surface area contributed by atoms with Crippen molar-refractivity contribution in [3.8, 4) is 0 Å². The highest BCUT2D eigenvalue weighted by Crippen LogP contribution is 2.27. The average Bonchev–Trinajstić information content (AvgIpc) is 3.18. The highest BCUT2D eigenvalue weighted by Gasteiger charge is 2.36. The molecule has 1 aromatic carbocycles. The van der Waals surface area contributed by atoms with Crippen LogP contribution in [0.2, 0.25) is 5.02 Å². The number of esters is 1. The molecule has 2 aromatic rings. The van der Waals surface area contributed by atoms with Gasteiger partial charge in [-0.05, 0) is 31.2 Å². The van der Waals surface area contributed by atoms with E-state index in [9.17, 15) is 9.59 Å². The molecule has 1 aromatic heterocycles. The normalized spacial score (nSPS) is 17.7. The third-order valence-corrected chi connectivity index (χ3v) is 4.63. The van der Waals surface area contributed by atoms with Gasteiger partial charge in [-0.1, -0.05) is 23.7 Å². The molecule has 7 nitrogen and oxygen atoms in total. The maximum atomic E-state index is 12.7. The van der Waals surface area contributed by atoms with Crippen molar-refractivity contribution in [3.05, 3.63) is 70.3 Å². The third-order valence-electron chi connectivity index (χ3n) is 4.37. The first-order valence-electron chi connectivity index (χ1n) is 9.04. The molecule has 0 saturated heterocycles. The summed E-state index contributed by atoms with van der Waals surface area (Å²) in [6, 6.07) is 9.95. The third kappa shape index (κ3) is 4.74. The van der Waals surface area contributed by atoms with Gasteiger partial charge in [0.1, 0.15) is 24.9 Å². The fourth-order valence-corrected chi connectivity index (χ4v) is 3.32. The molecule has 2 heterocycles. The van der Waals surface area contributed by atoms with Gasteiger partial charge in [-0.3, -0.25) is 0 Å². The Bertz CT molecular complexity index is 862. The summed E-state index contributed by atoms with van der Waals surface area (Å²) in [6.45, 7) is 3.11. The maximum absolute atomic E-state index is 12.7. The Morgan fingerprint density at radius 1 is 1.25 bits per heavy atom. The van der Waals surface area contributed by atoms with Gasteiger partial charge in [0, 0.05) is 10.6 Å². The number of carbonyl (C=O) groups is 2. The second kappa shape index (κ2) is 8.95. The summed E-state index contributed by atoms with van der Waals surface area (Å²) in [5, 5.41) is 6.19. The monoisotopic (exact) mass is 404 g/mol. The SMILES string of the molecule is CCOC(=O)C1=C(C[NH+](C)Cc2ccc(Cl)cc2)NC(=O)N[C@@H]1c1ccco1. The second-order valence-electron chi connectivity index (χ2n) is 6.60. The number of quaternary nitrogens is 1. The van der Waals surface area contributed by atoms with Gasteiger partial charge >= 0.3 is 12.0 Å². The number of ether oxygens (including phenoxy) is 1. The van der Waals surface area contributed by atoms with E-state index < -0.39 is 12.0 Å². The summed E-state index contributed by atoms with van der Waals surface area (Å²) in [5.41, 5.74) is 1.98. The number of likely N-dealkylation sites (N-methyl/N-ethyl adjacent to an activating group) is 1. The lowest BCUT2D eigenvalue weighted by atomic mass is 10.00. The number of hydrogen-bond acceptors (Lipinski definition) is 4. The number of halogens is 1. The summed E-state index contributed by atoms with van der Waals surface area (Å²) >= 11 is 5.94. The van der Waals surface area contributed by atoms with Crippen LogP contribution in [0.15, 0.2) is 58.3 Å². The van der Waals surface area contributed by atoms with Crippen LogP contribution in [0, 0.1) is 0 Å².